The van der Waals surface area contributed by atoms with Crippen molar-refractivity contribution in [2.45, 2.75) is 0 Å². The smallest absolute Gasteiger partial charge is 0.192 e. The van der Waals surface area contributed by atoms with Gasteiger partial charge in [0, 0.05) is 5.56 Å². The van der Waals surface area contributed by atoms with E-state index in [-0.39, 0.29) is 0 Å². The Bertz CT molecular complexity index is 827. The van der Waals surface area contributed by atoms with Crippen LogP contribution in [0.15, 0.2) is 54.6 Å². The Morgan fingerprint density at radius 3 is 2.40 bits per heavy atom. The normalized spacial score (nSPS) is 11.0. The molecule has 20 heavy (non-hydrogen) atoms. The summed E-state index contributed by atoms with van der Waals surface area (Å²) in [6.45, 7) is 0. The molecule has 0 aliphatic carbocycles. The number of para-hydroxylation sites is 2. The number of hydrogen-bond donors (Lipinski definition) is 2. The van der Waals surface area contributed by atoms with E-state index in [1.165, 1.54) is 0 Å². The Hall–Kier alpha value is -2.95. The molecule has 0 spiro atoms. The van der Waals surface area contributed by atoms with Crippen LogP contribution in [0, 0.1) is 0 Å². The minimum absolute atomic E-state index is 0.639. The molecule has 4 rings (SSSR count). The highest BCUT2D eigenvalue weighted by Gasteiger charge is 2.10. The molecule has 0 saturated carbocycles. The van der Waals surface area contributed by atoms with E-state index in [0.29, 0.717) is 17.5 Å². The molecule has 5 heteroatoms. The van der Waals surface area contributed by atoms with Gasteiger partial charge >= 0.3 is 0 Å². The Morgan fingerprint density at radius 1 is 0.750 bits per heavy atom. The summed E-state index contributed by atoms with van der Waals surface area (Å²) in [7, 11) is 0. The van der Waals surface area contributed by atoms with Crippen molar-refractivity contribution >= 4 is 11.0 Å². The fourth-order valence-corrected chi connectivity index (χ4v) is 2.15. The van der Waals surface area contributed by atoms with Crippen LogP contribution in [0.25, 0.3) is 34.1 Å². The predicted molar refractivity (Wildman–Crippen MR) is 76.9 cm³/mol. The van der Waals surface area contributed by atoms with Crippen molar-refractivity contribution in [2.75, 3.05) is 0 Å². The number of hydrogen-bond acceptors (Lipinski definition) is 3. The molecule has 0 aliphatic rings. The van der Waals surface area contributed by atoms with Crippen LogP contribution >= 0.6 is 0 Å². The second-order valence-electron chi connectivity index (χ2n) is 4.48. The molecule has 2 aromatic carbocycles. The van der Waals surface area contributed by atoms with Crippen LogP contribution in [0.3, 0.4) is 0 Å². The molecule has 5 nitrogen and oxygen atoms in total. The Kier molecular flexibility index (Phi) is 2.35. The highest BCUT2D eigenvalue weighted by molar-refractivity contribution is 5.78. The Balaban J connectivity index is 1.78. The van der Waals surface area contributed by atoms with Crippen LogP contribution < -0.4 is 0 Å². The van der Waals surface area contributed by atoms with Gasteiger partial charge in [0.15, 0.2) is 17.5 Å². The summed E-state index contributed by atoms with van der Waals surface area (Å²) in [6, 6.07) is 17.7. The molecule has 0 fully saturated rings. The molecule has 0 saturated heterocycles. The first-order valence-electron chi connectivity index (χ1n) is 6.33. The lowest BCUT2D eigenvalue weighted by molar-refractivity contribution is 1.08. The third kappa shape index (κ3) is 1.76. The van der Waals surface area contributed by atoms with Gasteiger partial charge in [-0.05, 0) is 12.1 Å². The zero-order chi connectivity index (χ0) is 13.4. The first kappa shape index (κ1) is 10.9. The van der Waals surface area contributed by atoms with E-state index in [4.69, 9.17) is 0 Å². The van der Waals surface area contributed by atoms with Gasteiger partial charge in [-0.15, -0.1) is 0 Å². The van der Waals surface area contributed by atoms with Gasteiger partial charge in [0.2, 0.25) is 0 Å². The second-order valence-corrected chi connectivity index (χ2v) is 4.48. The van der Waals surface area contributed by atoms with Crippen molar-refractivity contribution in [3.8, 4) is 23.0 Å². The quantitative estimate of drug-likeness (QED) is 0.582. The molecule has 2 N–H and O–H groups in total. The van der Waals surface area contributed by atoms with Gasteiger partial charge in [-0.25, -0.2) is 9.97 Å². The molecule has 96 valence electrons. The topological polar surface area (TPSA) is 70.2 Å². The first-order chi connectivity index (χ1) is 9.90. The summed E-state index contributed by atoms with van der Waals surface area (Å²) >= 11 is 0. The van der Waals surface area contributed by atoms with Crippen molar-refractivity contribution < 1.29 is 0 Å². The number of aromatic nitrogens is 5. The van der Waals surface area contributed by atoms with Gasteiger partial charge in [-0.3, -0.25) is 5.10 Å². The monoisotopic (exact) mass is 261 g/mol. The standard InChI is InChI=1S/C15H11N5/c1-2-6-10(7-3-1)13-18-15(20-19-13)14-16-11-8-4-5-9-12(11)17-14/h1-9H,(H,16,17)(H,18,19,20). The lowest BCUT2D eigenvalue weighted by Gasteiger charge is -1.91. The fourth-order valence-electron chi connectivity index (χ4n) is 2.15. The van der Waals surface area contributed by atoms with E-state index in [1.807, 2.05) is 54.6 Å². The number of benzene rings is 2. The number of nitrogens with zero attached hydrogens (tertiary/aromatic N) is 3. The molecule has 0 amide bonds. The maximum atomic E-state index is 4.50. The number of H-pyrrole nitrogens is 2. The summed E-state index contributed by atoms with van der Waals surface area (Å²) in [6.07, 6.45) is 0. The number of imidazole rings is 1. The van der Waals surface area contributed by atoms with Crippen LogP contribution in [-0.2, 0) is 0 Å². The van der Waals surface area contributed by atoms with Crippen LogP contribution in [-0.4, -0.2) is 25.1 Å². The van der Waals surface area contributed by atoms with Crippen molar-refractivity contribution in [1.29, 1.82) is 0 Å². The number of nitrogens with one attached hydrogen (secondary N) is 2. The molecule has 2 heterocycles. The molecule has 0 aliphatic heterocycles. The summed E-state index contributed by atoms with van der Waals surface area (Å²) in [5.74, 6) is 2.00. The molecular weight excluding hydrogens is 250 g/mol. The molecule has 4 aromatic rings. The van der Waals surface area contributed by atoms with Crippen molar-refractivity contribution in [3.63, 3.8) is 0 Å². The average molecular weight is 261 g/mol. The van der Waals surface area contributed by atoms with Gasteiger partial charge in [0.25, 0.3) is 0 Å². The number of aromatic amines is 2. The molecule has 0 radical (unpaired) electrons. The zero-order valence-corrected chi connectivity index (χ0v) is 10.5. The van der Waals surface area contributed by atoms with Crippen LogP contribution in [0.5, 0.6) is 0 Å². The van der Waals surface area contributed by atoms with Crippen LogP contribution in [0.4, 0.5) is 0 Å². The highest BCUT2D eigenvalue weighted by Crippen LogP contribution is 2.20. The number of rotatable bonds is 2. The summed E-state index contributed by atoms with van der Waals surface area (Å²) in [5, 5.41) is 7.16. The first-order valence-corrected chi connectivity index (χ1v) is 6.33. The molecule has 2 aromatic heterocycles. The lowest BCUT2D eigenvalue weighted by Crippen LogP contribution is -1.83. The van der Waals surface area contributed by atoms with E-state index in [9.17, 15) is 0 Å². The van der Waals surface area contributed by atoms with Crippen molar-refractivity contribution in [1.82, 2.24) is 25.1 Å². The van der Waals surface area contributed by atoms with Crippen LogP contribution in [0.1, 0.15) is 0 Å². The predicted octanol–water partition coefficient (Wildman–Crippen LogP) is 3.02. The van der Waals surface area contributed by atoms with E-state index >= 15 is 0 Å². The lowest BCUT2D eigenvalue weighted by atomic mass is 10.2. The van der Waals surface area contributed by atoms with Gasteiger partial charge in [-0.1, -0.05) is 42.5 Å². The van der Waals surface area contributed by atoms with Gasteiger partial charge in [0.05, 0.1) is 11.0 Å². The molecule has 0 unspecified atom stereocenters. The van der Waals surface area contributed by atoms with Gasteiger partial charge in [0.1, 0.15) is 0 Å². The number of fused-ring (bicyclic) bond motifs is 1. The van der Waals surface area contributed by atoms with E-state index < -0.39 is 0 Å². The maximum absolute atomic E-state index is 4.50. The Labute approximate surface area is 114 Å². The summed E-state index contributed by atoms with van der Waals surface area (Å²) in [4.78, 5) is 12.2. The molecular formula is C15H11N5. The van der Waals surface area contributed by atoms with Crippen molar-refractivity contribution in [2.24, 2.45) is 0 Å². The van der Waals surface area contributed by atoms with Crippen molar-refractivity contribution in [3.05, 3.63) is 54.6 Å². The highest BCUT2D eigenvalue weighted by atomic mass is 15.2. The second kappa shape index (κ2) is 4.31. The Morgan fingerprint density at radius 2 is 1.55 bits per heavy atom. The van der Waals surface area contributed by atoms with E-state index in [0.717, 1.165) is 16.6 Å². The minimum atomic E-state index is 0.639. The van der Waals surface area contributed by atoms with E-state index in [1.54, 1.807) is 0 Å². The zero-order valence-electron chi connectivity index (χ0n) is 10.5. The van der Waals surface area contributed by atoms with Gasteiger partial charge in [-0.2, -0.15) is 5.10 Å². The third-order valence-electron chi connectivity index (χ3n) is 3.13. The summed E-state index contributed by atoms with van der Waals surface area (Å²) in [5.41, 5.74) is 2.88. The maximum Gasteiger partial charge on any atom is 0.192 e. The minimum Gasteiger partial charge on any atom is -0.335 e. The third-order valence-corrected chi connectivity index (χ3v) is 3.13. The molecule has 0 atom stereocenters. The SMILES string of the molecule is c1ccc(-c2n[nH]c(-c3nc4ccccc4[nH]3)n2)cc1. The average Bonchev–Trinajstić information content (AvgIpc) is 3.14. The fraction of sp³-hybridized carbons (Fsp3) is 0. The summed E-state index contributed by atoms with van der Waals surface area (Å²) < 4.78 is 0. The molecule has 0 bridgehead atoms. The van der Waals surface area contributed by atoms with E-state index in [2.05, 4.69) is 25.1 Å². The largest absolute Gasteiger partial charge is 0.335 e. The van der Waals surface area contributed by atoms with Gasteiger partial charge < -0.3 is 4.98 Å². The van der Waals surface area contributed by atoms with Crippen LogP contribution in [0.2, 0.25) is 0 Å².